The van der Waals surface area contributed by atoms with Crippen molar-refractivity contribution in [1.82, 2.24) is 9.55 Å². The van der Waals surface area contributed by atoms with E-state index in [1.807, 2.05) is 6.20 Å². The second-order valence-electron chi connectivity index (χ2n) is 7.41. The largest absolute Gasteiger partial charge is 0.297 e. The van der Waals surface area contributed by atoms with Crippen molar-refractivity contribution in [3.05, 3.63) is 65.4 Å². The molecule has 0 amide bonds. The predicted molar refractivity (Wildman–Crippen MR) is 112 cm³/mol. The smallest absolute Gasteiger partial charge is 0.255 e. The molecule has 0 saturated carbocycles. The van der Waals surface area contributed by atoms with Gasteiger partial charge in [0, 0.05) is 11.6 Å². The summed E-state index contributed by atoms with van der Waals surface area (Å²) >= 11 is 0. The molecule has 0 saturated heterocycles. The second kappa shape index (κ2) is 5.78. The molecule has 0 bridgehead atoms. The van der Waals surface area contributed by atoms with Crippen molar-refractivity contribution in [1.29, 1.82) is 0 Å². The lowest BCUT2D eigenvalue weighted by Crippen LogP contribution is -2.24. The van der Waals surface area contributed by atoms with Crippen molar-refractivity contribution >= 4 is 38.5 Å². The predicted octanol–water partition coefficient (Wildman–Crippen LogP) is 5.05. The topological polar surface area (TPSA) is 21.9 Å². The van der Waals surface area contributed by atoms with Gasteiger partial charge in [0.25, 0.3) is 5.65 Å². The third-order valence-corrected chi connectivity index (χ3v) is 5.94. The van der Waals surface area contributed by atoms with Gasteiger partial charge in [0.15, 0.2) is 11.0 Å². The Kier molecular flexibility index (Phi) is 3.48. The van der Waals surface area contributed by atoms with E-state index in [4.69, 9.17) is 4.98 Å². The molecule has 0 atom stereocenters. The quantitative estimate of drug-likeness (QED) is 0.321. The number of nitrogens with zero attached hydrogens (tertiary/aromatic N) is 3. The van der Waals surface area contributed by atoms with Gasteiger partial charge < -0.3 is 0 Å². The van der Waals surface area contributed by atoms with E-state index >= 15 is 0 Å². The molecule has 5 aromatic rings. The standard InChI is InChI=1S/C24H24N3/c1-5-16-10-11-19-20(14-16)26(4)24-21-15(3)12-13-25-22(21)18-9-7-8-17(6-2)23(18)27(19)24/h7-14H,5-6H2,1-4H3/q+1. The molecule has 3 nitrogen and oxygen atoms in total. The van der Waals surface area contributed by atoms with Crippen LogP contribution in [0.15, 0.2) is 48.7 Å². The molecule has 0 aliphatic heterocycles. The number of aromatic nitrogens is 3. The highest BCUT2D eigenvalue weighted by molar-refractivity contribution is 6.09. The molecule has 27 heavy (non-hydrogen) atoms. The molecule has 0 unspecified atom stereocenters. The lowest BCUT2D eigenvalue weighted by molar-refractivity contribution is -0.449. The lowest BCUT2D eigenvalue weighted by atomic mass is 10.0. The van der Waals surface area contributed by atoms with Crippen LogP contribution in [-0.2, 0) is 19.9 Å². The number of pyridine rings is 2. The zero-order chi connectivity index (χ0) is 18.7. The maximum atomic E-state index is 4.81. The Morgan fingerprint density at radius 2 is 1.89 bits per heavy atom. The van der Waals surface area contributed by atoms with E-state index in [1.165, 1.54) is 49.7 Å². The van der Waals surface area contributed by atoms with Crippen LogP contribution in [0.1, 0.15) is 30.5 Å². The fraction of sp³-hybridized carbons (Fsp3) is 0.250. The summed E-state index contributed by atoms with van der Waals surface area (Å²) in [6.07, 6.45) is 3.98. The number of rotatable bonds is 2. The Morgan fingerprint density at radius 3 is 2.67 bits per heavy atom. The Bertz CT molecular complexity index is 1360. The Balaban J connectivity index is 2.21. The van der Waals surface area contributed by atoms with Crippen LogP contribution in [0.5, 0.6) is 0 Å². The zero-order valence-corrected chi connectivity index (χ0v) is 16.4. The number of fused-ring (bicyclic) bond motifs is 8. The normalized spacial score (nSPS) is 12.0. The number of benzene rings is 2. The number of aryl methyl sites for hydroxylation is 4. The second-order valence-corrected chi connectivity index (χ2v) is 7.41. The molecular formula is C24H24N3+. The van der Waals surface area contributed by atoms with E-state index in [0.29, 0.717) is 0 Å². The first-order chi connectivity index (χ1) is 13.2. The van der Waals surface area contributed by atoms with E-state index in [0.717, 1.165) is 18.4 Å². The van der Waals surface area contributed by atoms with Crippen molar-refractivity contribution in [2.45, 2.75) is 33.6 Å². The van der Waals surface area contributed by atoms with Crippen LogP contribution in [0.4, 0.5) is 0 Å². The van der Waals surface area contributed by atoms with Gasteiger partial charge in [-0.2, -0.15) is 4.40 Å². The third-order valence-electron chi connectivity index (χ3n) is 5.94. The SMILES string of the molecule is CCc1ccc2c(c1)n(C)c1c3c(C)ccnc3c3cccc(CC)c3[n+]21. The number of hydrogen-bond acceptors (Lipinski definition) is 1. The fourth-order valence-electron chi connectivity index (χ4n) is 4.51. The molecular weight excluding hydrogens is 330 g/mol. The Labute approximate surface area is 158 Å². The Morgan fingerprint density at radius 1 is 1.04 bits per heavy atom. The van der Waals surface area contributed by atoms with Crippen LogP contribution in [0.3, 0.4) is 0 Å². The van der Waals surface area contributed by atoms with Crippen LogP contribution in [0.25, 0.3) is 38.5 Å². The highest BCUT2D eigenvalue weighted by Crippen LogP contribution is 2.31. The third kappa shape index (κ3) is 2.08. The average Bonchev–Trinajstić information content (AvgIpc) is 2.99. The lowest BCUT2D eigenvalue weighted by Gasteiger charge is -2.09. The summed E-state index contributed by atoms with van der Waals surface area (Å²) in [6.45, 7) is 6.63. The summed E-state index contributed by atoms with van der Waals surface area (Å²) in [5.41, 5.74) is 10.2. The summed E-state index contributed by atoms with van der Waals surface area (Å²) in [5.74, 6) is 0. The van der Waals surface area contributed by atoms with Crippen LogP contribution in [-0.4, -0.2) is 9.55 Å². The van der Waals surface area contributed by atoms with E-state index in [-0.39, 0.29) is 0 Å². The zero-order valence-electron chi connectivity index (χ0n) is 16.4. The minimum atomic E-state index is 1.00. The molecule has 0 radical (unpaired) electrons. The average molecular weight is 354 g/mol. The summed E-state index contributed by atoms with van der Waals surface area (Å²) in [7, 11) is 2.18. The van der Waals surface area contributed by atoms with Crippen LogP contribution in [0, 0.1) is 6.92 Å². The van der Waals surface area contributed by atoms with Crippen molar-refractivity contribution in [2.75, 3.05) is 0 Å². The number of hydrogen-bond donors (Lipinski definition) is 0. The number of para-hydroxylation sites is 1. The molecule has 0 fully saturated rings. The molecule has 3 heterocycles. The molecule has 0 N–H and O–H groups in total. The van der Waals surface area contributed by atoms with Crippen molar-refractivity contribution in [2.24, 2.45) is 7.05 Å². The highest BCUT2D eigenvalue weighted by Gasteiger charge is 2.26. The van der Waals surface area contributed by atoms with E-state index in [1.54, 1.807) is 0 Å². The van der Waals surface area contributed by atoms with Crippen molar-refractivity contribution in [3.63, 3.8) is 0 Å². The molecule has 3 heteroatoms. The minimum absolute atomic E-state index is 1.00. The van der Waals surface area contributed by atoms with Gasteiger partial charge in [-0.3, -0.25) is 4.98 Å². The first kappa shape index (κ1) is 16.2. The molecule has 134 valence electrons. The van der Waals surface area contributed by atoms with Gasteiger partial charge in [0.2, 0.25) is 0 Å². The van der Waals surface area contributed by atoms with Crippen LogP contribution in [0.2, 0.25) is 0 Å². The van der Waals surface area contributed by atoms with Crippen molar-refractivity contribution in [3.8, 4) is 0 Å². The minimum Gasteiger partial charge on any atom is -0.255 e. The van der Waals surface area contributed by atoms with Gasteiger partial charge in [0.1, 0.15) is 5.52 Å². The van der Waals surface area contributed by atoms with Crippen molar-refractivity contribution < 1.29 is 4.40 Å². The monoisotopic (exact) mass is 354 g/mol. The van der Waals surface area contributed by atoms with Gasteiger partial charge in [-0.1, -0.05) is 32.0 Å². The summed E-state index contributed by atoms with van der Waals surface area (Å²) < 4.78 is 4.80. The maximum Gasteiger partial charge on any atom is 0.297 e. The highest BCUT2D eigenvalue weighted by atomic mass is 15.1. The first-order valence-electron chi connectivity index (χ1n) is 9.77. The summed E-state index contributed by atoms with van der Waals surface area (Å²) in [4.78, 5) is 4.81. The van der Waals surface area contributed by atoms with E-state index < -0.39 is 0 Å². The molecule has 0 aliphatic rings. The number of imidazole rings is 1. The summed E-state index contributed by atoms with van der Waals surface area (Å²) in [6, 6.07) is 15.6. The maximum absolute atomic E-state index is 4.81. The first-order valence-corrected chi connectivity index (χ1v) is 9.77. The van der Waals surface area contributed by atoms with Gasteiger partial charge >= 0.3 is 0 Å². The van der Waals surface area contributed by atoms with Gasteiger partial charge in [-0.25, -0.2) is 4.57 Å². The molecule has 2 aromatic carbocycles. The van der Waals surface area contributed by atoms with Gasteiger partial charge in [0.05, 0.1) is 18.0 Å². The van der Waals surface area contributed by atoms with Gasteiger partial charge in [-0.15, -0.1) is 0 Å². The van der Waals surface area contributed by atoms with E-state index in [2.05, 4.69) is 79.3 Å². The van der Waals surface area contributed by atoms with Crippen LogP contribution >= 0.6 is 0 Å². The fourth-order valence-corrected chi connectivity index (χ4v) is 4.51. The molecule has 3 aromatic heterocycles. The molecule has 5 rings (SSSR count). The van der Waals surface area contributed by atoms with E-state index in [9.17, 15) is 0 Å². The molecule has 0 spiro atoms. The van der Waals surface area contributed by atoms with Gasteiger partial charge in [-0.05, 0) is 60.7 Å². The molecule has 0 aliphatic carbocycles. The Hall–Kier alpha value is -2.94. The van der Waals surface area contributed by atoms with Crippen LogP contribution < -0.4 is 4.40 Å². The summed E-state index contributed by atoms with van der Waals surface area (Å²) in [5, 5.41) is 2.48.